The second-order valence-electron chi connectivity index (χ2n) is 5.20. The average molecular weight is 262 g/mol. The van der Waals surface area contributed by atoms with Crippen LogP contribution in [0.4, 0.5) is 0 Å². The molecule has 1 N–H and O–H groups in total. The van der Waals surface area contributed by atoms with Gasteiger partial charge in [-0.3, -0.25) is 0 Å². The largest absolute Gasteiger partial charge is 0.466 e. The summed E-state index contributed by atoms with van der Waals surface area (Å²) in [6, 6.07) is 0. The number of rotatable bonds is 4. The molecule has 0 radical (unpaired) electrons. The zero-order valence-corrected chi connectivity index (χ0v) is 11.7. The SMILES string of the molecule is COC(=O)C(=C(C1=CCCC1)C1=CCCC1)C(C)O. The highest BCUT2D eigenvalue weighted by Gasteiger charge is 2.27. The first kappa shape index (κ1) is 14.1. The molecule has 2 aliphatic rings. The summed E-state index contributed by atoms with van der Waals surface area (Å²) in [7, 11) is 1.37. The van der Waals surface area contributed by atoms with Crippen LogP contribution in [-0.4, -0.2) is 24.3 Å². The van der Waals surface area contributed by atoms with Crippen LogP contribution in [0.25, 0.3) is 0 Å². The fourth-order valence-electron chi connectivity index (χ4n) is 2.94. The van der Waals surface area contributed by atoms with Gasteiger partial charge in [0.15, 0.2) is 0 Å². The second kappa shape index (κ2) is 6.20. The van der Waals surface area contributed by atoms with Crippen molar-refractivity contribution in [1.29, 1.82) is 0 Å². The van der Waals surface area contributed by atoms with E-state index in [1.807, 2.05) is 0 Å². The predicted octanol–water partition coefficient (Wildman–Crippen LogP) is 3.06. The monoisotopic (exact) mass is 262 g/mol. The second-order valence-corrected chi connectivity index (χ2v) is 5.20. The lowest BCUT2D eigenvalue weighted by molar-refractivity contribution is -0.137. The number of ether oxygens (including phenoxy) is 1. The van der Waals surface area contributed by atoms with E-state index in [0.717, 1.165) is 44.1 Å². The number of carbonyl (C=O) groups excluding carboxylic acids is 1. The Morgan fingerprint density at radius 1 is 1.21 bits per heavy atom. The van der Waals surface area contributed by atoms with Crippen LogP contribution in [0.15, 0.2) is 34.4 Å². The Kier molecular flexibility index (Phi) is 4.59. The summed E-state index contributed by atoms with van der Waals surface area (Å²) in [4.78, 5) is 12.0. The minimum Gasteiger partial charge on any atom is -0.466 e. The third-order valence-electron chi connectivity index (χ3n) is 3.82. The van der Waals surface area contributed by atoms with Crippen molar-refractivity contribution in [2.75, 3.05) is 7.11 Å². The molecule has 0 amide bonds. The number of aliphatic hydroxyl groups excluding tert-OH is 1. The van der Waals surface area contributed by atoms with E-state index in [-0.39, 0.29) is 0 Å². The summed E-state index contributed by atoms with van der Waals surface area (Å²) >= 11 is 0. The maximum absolute atomic E-state index is 12.0. The molecule has 0 saturated carbocycles. The van der Waals surface area contributed by atoms with Crippen molar-refractivity contribution in [1.82, 2.24) is 0 Å². The lowest BCUT2D eigenvalue weighted by atomic mass is 9.89. The maximum Gasteiger partial charge on any atom is 0.336 e. The molecule has 3 nitrogen and oxygen atoms in total. The minimum atomic E-state index is -0.801. The topological polar surface area (TPSA) is 46.5 Å². The van der Waals surface area contributed by atoms with Gasteiger partial charge in [-0.25, -0.2) is 4.79 Å². The number of allylic oxidation sites excluding steroid dienone is 5. The molecular formula is C16H22O3. The van der Waals surface area contributed by atoms with Crippen molar-refractivity contribution in [2.45, 2.75) is 51.6 Å². The number of methoxy groups -OCH3 is 1. The van der Waals surface area contributed by atoms with Gasteiger partial charge in [0.25, 0.3) is 0 Å². The molecule has 0 aromatic carbocycles. The van der Waals surface area contributed by atoms with Crippen LogP contribution in [0.1, 0.15) is 45.4 Å². The van der Waals surface area contributed by atoms with Crippen molar-refractivity contribution < 1.29 is 14.6 Å². The van der Waals surface area contributed by atoms with Crippen molar-refractivity contribution in [3.8, 4) is 0 Å². The lowest BCUT2D eigenvalue weighted by Gasteiger charge is -2.18. The van der Waals surface area contributed by atoms with Gasteiger partial charge in [0.2, 0.25) is 0 Å². The molecular weight excluding hydrogens is 240 g/mol. The molecule has 0 saturated heterocycles. The predicted molar refractivity (Wildman–Crippen MR) is 74.6 cm³/mol. The Morgan fingerprint density at radius 3 is 2.05 bits per heavy atom. The van der Waals surface area contributed by atoms with E-state index in [1.165, 1.54) is 18.3 Å². The van der Waals surface area contributed by atoms with E-state index >= 15 is 0 Å². The van der Waals surface area contributed by atoms with E-state index in [0.29, 0.717) is 5.57 Å². The van der Waals surface area contributed by atoms with Crippen molar-refractivity contribution in [3.05, 3.63) is 34.4 Å². The number of hydrogen-bond acceptors (Lipinski definition) is 3. The number of hydrogen-bond donors (Lipinski definition) is 1. The molecule has 2 aliphatic carbocycles. The molecule has 0 spiro atoms. The summed E-state index contributed by atoms with van der Waals surface area (Å²) in [5.41, 5.74) is 3.78. The van der Waals surface area contributed by atoms with Crippen LogP contribution >= 0.6 is 0 Å². The molecule has 19 heavy (non-hydrogen) atoms. The Balaban J connectivity index is 2.52. The van der Waals surface area contributed by atoms with Gasteiger partial charge < -0.3 is 9.84 Å². The van der Waals surface area contributed by atoms with Gasteiger partial charge in [-0.1, -0.05) is 12.2 Å². The number of esters is 1. The fourth-order valence-corrected chi connectivity index (χ4v) is 2.94. The van der Waals surface area contributed by atoms with Gasteiger partial charge in [-0.05, 0) is 62.2 Å². The van der Waals surface area contributed by atoms with E-state index in [9.17, 15) is 9.90 Å². The first-order valence-corrected chi connectivity index (χ1v) is 7.04. The molecule has 0 aromatic rings. The van der Waals surface area contributed by atoms with E-state index in [4.69, 9.17) is 4.74 Å². The first-order chi connectivity index (χ1) is 9.15. The Morgan fingerprint density at radius 2 is 1.74 bits per heavy atom. The minimum absolute atomic E-state index is 0.411. The standard InChI is InChI=1S/C16H22O3/c1-11(17)14(16(18)19-2)15(12-7-3-4-8-12)13-9-5-6-10-13/h7,9,11,17H,3-6,8,10H2,1-2H3. The average Bonchev–Trinajstić information content (AvgIpc) is 3.07. The molecule has 1 unspecified atom stereocenters. The van der Waals surface area contributed by atoms with E-state index < -0.39 is 12.1 Å². The molecule has 0 aliphatic heterocycles. The van der Waals surface area contributed by atoms with Gasteiger partial charge in [-0.15, -0.1) is 0 Å². The summed E-state index contributed by atoms with van der Waals surface area (Å²) in [5.74, 6) is -0.411. The highest BCUT2D eigenvalue weighted by Crippen LogP contribution is 2.37. The summed E-state index contributed by atoms with van der Waals surface area (Å²) in [6.45, 7) is 1.64. The van der Waals surface area contributed by atoms with Crippen LogP contribution in [0.3, 0.4) is 0 Å². The van der Waals surface area contributed by atoms with Gasteiger partial charge >= 0.3 is 5.97 Å². The molecule has 0 heterocycles. The maximum atomic E-state index is 12.0. The molecule has 2 rings (SSSR count). The van der Waals surface area contributed by atoms with Crippen LogP contribution in [0.2, 0.25) is 0 Å². The van der Waals surface area contributed by atoms with Crippen molar-refractivity contribution in [2.24, 2.45) is 0 Å². The molecule has 104 valence electrons. The molecule has 0 bridgehead atoms. The Labute approximate surface area is 114 Å². The van der Waals surface area contributed by atoms with E-state index in [1.54, 1.807) is 6.92 Å². The van der Waals surface area contributed by atoms with Gasteiger partial charge in [0, 0.05) is 0 Å². The van der Waals surface area contributed by atoms with Crippen LogP contribution in [0.5, 0.6) is 0 Å². The van der Waals surface area contributed by atoms with Crippen LogP contribution in [-0.2, 0) is 9.53 Å². The summed E-state index contributed by atoms with van der Waals surface area (Å²) in [5, 5.41) is 9.99. The lowest BCUT2D eigenvalue weighted by Crippen LogP contribution is -2.20. The zero-order valence-electron chi connectivity index (χ0n) is 11.7. The summed E-state index contributed by atoms with van der Waals surface area (Å²) < 4.78 is 4.86. The molecule has 3 heteroatoms. The smallest absolute Gasteiger partial charge is 0.336 e. The number of aliphatic hydroxyl groups is 1. The van der Waals surface area contributed by atoms with E-state index in [2.05, 4.69) is 12.2 Å². The van der Waals surface area contributed by atoms with Gasteiger partial charge in [0.05, 0.1) is 18.8 Å². The third-order valence-corrected chi connectivity index (χ3v) is 3.82. The van der Waals surface area contributed by atoms with Crippen LogP contribution in [0, 0.1) is 0 Å². The molecule has 0 fully saturated rings. The normalized spacial score (nSPS) is 19.7. The molecule has 0 aromatic heterocycles. The Bertz CT molecular complexity index is 427. The first-order valence-electron chi connectivity index (χ1n) is 7.04. The molecule has 1 atom stereocenters. The zero-order chi connectivity index (χ0) is 13.8. The Hall–Kier alpha value is -1.35. The van der Waals surface area contributed by atoms with Crippen molar-refractivity contribution in [3.63, 3.8) is 0 Å². The fraction of sp³-hybridized carbons (Fsp3) is 0.562. The number of carbonyl (C=O) groups is 1. The highest BCUT2D eigenvalue weighted by atomic mass is 16.5. The van der Waals surface area contributed by atoms with Gasteiger partial charge in [0.1, 0.15) is 0 Å². The van der Waals surface area contributed by atoms with Gasteiger partial charge in [-0.2, -0.15) is 0 Å². The summed E-state index contributed by atoms with van der Waals surface area (Å²) in [6.07, 6.45) is 9.92. The third kappa shape index (κ3) is 2.98. The quantitative estimate of drug-likeness (QED) is 0.625. The highest BCUT2D eigenvalue weighted by molar-refractivity contribution is 5.92. The van der Waals surface area contributed by atoms with Crippen LogP contribution < -0.4 is 0 Å². The van der Waals surface area contributed by atoms with Crippen molar-refractivity contribution >= 4 is 5.97 Å².